The number of fused-ring (bicyclic) bond motifs is 1. The van der Waals surface area contributed by atoms with Crippen molar-refractivity contribution < 1.29 is 32.2 Å². The monoisotopic (exact) mass is 561 g/mol. The Morgan fingerprint density at radius 2 is 1.62 bits per heavy atom. The van der Waals surface area contributed by atoms with E-state index in [2.05, 4.69) is 0 Å². The predicted octanol–water partition coefficient (Wildman–Crippen LogP) is 6.33. The molecule has 0 unspecified atom stereocenters. The SMILES string of the molecule is CC(C)(C)OC(=O)N(c1cc(OC[C@@H]2CO2)ccc1OCc1ccccc1)S(=O)(=O)c1cccc2ccccc12. The molecule has 0 radical (unpaired) electrons. The van der Waals surface area contributed by atoms with E-state index in [1.807, 2.05) is 48.5 Å². The molecule has 5 rings (SSSR count). The maximum absolute atomic E-state index is 14.4. The van der Waals surface area contributed by atoms with Crippen LogP contribution in [0.4, 0.5) is 10.5 Å². The van der Waals surface area contributed by atoms with Gasteiger partial charge in [0.15, 0.2) is 0 Å². The Labute approximate surface area is 234 Å². The predicted molar refractivity (Wildman–Crippen MR) is 152 cm³/mol. The largest absolute Gasteiger partial charge is 0.491 e. The van der Waals surface area contributed by atoms with Crippen molar-refractivity contribution in [1.29, 1.82) is 0 Å². The molecule has 1 amide bonds. The van der Waals surface area contributed by atoms with Gasteiger partial charge in [-0.3, -0.25) is 0 Å². The van der Waals surface area contributed by atoms with Gasteiger partial charge >= 0.3 is 6.09 Å². The van der Waals surface area contributed by atoms with Gasteiger partial charge in [0, 0.05) is 11.5 Å². The fourth-order valence-electron chi connectivity index (χ4n) is 4.10. The van der Waals surface area contributed by atoms with Gasteiger partial charge in [0.1, 0.15) is 42.1 Å². The molecular formula is C31H31NO7S. The molecule has 4 aromatic carbocycles. The fraction of sp³-hybridized carbons (Fsp3) is 0.258. The third kappa shape index (κ3) is 6.38. The number of epoxide rings is 1. The summed E-state index contributed by atoms with van der Waals surface area (Å²) in [5, 5.41) is 1.19. The first kappa shape index (κ1) is 27.5. The minimum atomic E-state index is -4.49. The van der Waals surface area contributed by atoms with Gasteiger partial charge in [0.25, 0.3) is 10.0 Å². The summed E-state index contributed by atoms with van der Waals surface area (Å²) in [5.41, 5.74) is -0.112. The van der Waals surface area contributed by atoms with Gasteiger partial charge in [-0.15, -0.1) is 0 Å². The number of nitrogens with zero attached hydrogens (tertiary/aromatic N) is 1. The van der Waals surface area contributed by atoms with Crippen LogP contribution in [0.3, 0.4) is 0 Å². The van der Waals surface area contributed by atoms with E-state index in [-0.39, 0.29) is 29.0 Å². The van der Waals surface area contributed by atoms with Gasteiger partial charge in [-0.25, -0.2) is 13.2 Å². The summed E-state index contributed by atoms with van der Waals surface area (Å²) in [6.07, 6.45) is -1.08. The van der Waals surface area contributed by atoms with Crippen molar-refractivity contribution in [2.45, 2.75) is 44.0 Å². The number of carbonyl (C=O) groups excluding carboxylic acids is 1. The summed E-state index contributed by atoms with van der Waals surface area (Å²) in [7, 11) is -4.49. The summed E-state index contributed by atoms with van der Waals surface area (Å²) < 4.78 is 52.3. The Hall–Kier alpha value is -4.08. The van der Waals surface area contributed by atoms with Gasteiger partial charge in [-0.1, -0.05) is 66.7 Å². The van der Waals surface area contributed by atoms with Gasteiger partial charge in [-0.05, 0) is 49.9 Å². The fourth-order valence-corrected chi connectivity index (χ4v) is 5.65. The summed E-state index contributed by atoms with van der Waals surface area (Å²) in [4.78, 5) is 13.7. The van der Waals surface area contributed by atoms with E-state index >= 15 is 0 Å². The number of ether oxygens (including phenoxy) is 4. The summed E-state index contributed by atoms with van der Waals surface area (Å²) in [6.45, 7) is 6.08. The van der Waals surface area contributed by atoms with Gasteiger partial charge in [0.2, 0.25) is 0 Å². The van der Waals surface area contributed by atoms with Crippen molar-refractivity contribution >= 4 is 32.6 Å². The normalized spacial score (nSPS) is 14.9. The van der Waals surface area contributed by atoms with Crippen molar-refractivity contribution in [3.63, 3.8) is 0 Å². The molecule has 1 atom stereocenters. The summed E-state index contributed by atoms with van der Waals surface area (Å²) in [5.74, 6) is 0.535. The van der Waals surface area contributed by atoms with E-state index in [0.717, 1.165) is 10.9 Å². The molecule has 4 aromatic rings. The van der Waals surface area contributed by atoms with Crippen molar-refractivity contribution in [2.24, 2.45) is 0 Å². The van der Waals surface area contributed by atoms with Crippen LogP contribution in [0.2, 0.25) is 0 Å². The first-order chi connectivity index (χ1) is 19.1. The van der Waals surface area contributed by atoms with Crippen LogP contribution in [0.25, 0.3) is 10.8 Å². The van der Waals surface area contributed by atoms with Gasteiger partial charge in [0.05, 0.1) is 11.5 Å². The zero-order chi connectivity index (χ0) is 28.3. The van der Waals surface area contributed by atoms with E-state index < -0.39 is 21.7 Å². The minimum Gasteiger partial charge on any atom is -0.491 e. The number of anilines is 1. The second-order valence-electron chi connectivity index (χ2n) is 10.4. The van der Waals surface area contributed by atoms with E-state index in [9.17, 15) is 13.2 Å². The molecule has 0 saturated carbocycles. The number of benzene rings is 4. The Morgan fingerprint density at radius 1 is 0.925 bits per heavy atom. The third-order valence-corrected chi connectivity index (χ3v) is 7.79. The average molecular weight is 562 g/mol. The molecule has 0 N–H and O–H groups in total. The standard InChI is InChI=1S/C31H31NO7S/c1-31(2,3)39-30(33)32(40(34,35)29-15-9-13-23-12-7-8-14-26(23)29)27-18-24(36-20-25-21-37-25)16-17-28(27)38-19-22-10-5-4-6-11-22/h4-18,25H,19-21H2,1-3H3/t25-/m1/s1. The molecule has 8 nitrogen and oxygen atoms in total. The van der Waals surface area contributed by atoms with E-state index in [1.54, 1.807) is 51.1 Å². The first-order valence-electron chi connectivity index (χ1n) is 12.9. The second kappa shape index (κ2) is 11.2. The number of rotatable bonds is 9. The molecule has 40 heavy (non-hydrogen) atoms. The topological polar surface area (TPSA) is 94.7 Å². The lowest BCUT2D eigenvalue weighted by Gasteiger charge is -2.28. The molecule has 1 aliphatic heterocycles. The number of hydrogen-bond donors (Lipinski definition) is 0. The Balaban J connectivity index is 1.64. The lowest BCUT2D eigenvalue weighted by atomic mass is 10.1. The molecule has 0 aliphatic carbocycles. The first-order valence-corrected chi connectivity index (χ1v) is 14.4. The van der Waals surface area contributed by atoms with Crippen molar-refractivity contribution in [3.05, 3.63) is 96.6 Å². The molecule has 9 heteroatoms. The molecule has 0 bridgehead atoms. The van der Waals surface area contributed by atoms with Crippen LogP contribution in [0.1, 0.15) is 26.3 Å². The Morgan fingerprint density at radius 3 is 2.35 bits per heavy atom. The smallest absolute Gasteiger partial charge is 0.429 e. The maximum Gasteiger partial charge on any atom is 0.429 e. The van der Waals surface area contributed by atoms with E-state index in [0.29, 0.717) is 28.7 Å². The highest BCUT2D eigenvalue weighted by Gasteiger charge is 2.38. The van der Waals surface area contributed by atoms with Crippen LogP contribution < -0.4 is 13.8 Å². The number of carbonyl (C=O) groups is 1. The molecule has 208 valence electrons. The zero-order valence-corrected chi connectivity index (χ0v) is 23.4. The van der Waals surface area contributed by atoms with Crippen LogP contribution in [0.15, 0.2) is 95.9 Å². The Kier molecular flexibility index (Phi) is 7.69. The zero-order valence-electron chi connectivity index (χ0n) is 22.6. The lowest BCUT2D eigenvalue weighted by Crippen LogP contribution is -2.41. The average Bonchev–Trinajstić information content (AvgIpc) is 3.75. The quantitative estimate of drug-likeness (QED) is 0.221. The number of sulfonamides is 1. The minimum absolute atomic E-state index is 0.0150. The third-order valence-electron chi connectivity index (χ3n) is 6.05. The number of amides is 1. The molecule has 1 heterocycles. The highest BCUT2D eigenvalue weighted by atomic mass is 32.2. The molecule has 0 aromatic heterocycles. The molecule has 1 saturated heterocycles. The molecular weight excluding hydrogens is 530 g/mol. The Bertz CT molecular complexity index is 1600. The highest BCUT2D eigenvalue weighted by Crippen LogP contribution is 2.39. The molecule has 1 fully saturated rings. The van der Waals surface area contributed by atoms with Gasteiger partial charge in [-0.2, -0.15) is 4.31 Å². The maximum atomic E-state index is 14.4. The van der Waals surface area contributed by atoms with Crippen molar-refractivity contribution in [2.75, 3.05) is 17.5 Å². The second-order valence-corrected chi connectivity index (χ2v) is 12.2. The molecule has 1 aliphatic rings. The van der Waals surface area contributed by atoms with Crippen LogP contribution >= 0.6 is 0 Å². The highest BCUT2D eigenvalue weighted by molar-refractivity contribution is 7.93. The lowest BCUT2D eigenvalue weighted by molar-refractivity contribution is 0.0608. The molecule has 0 spiro atoms. The van der Waals surface area contributed by atoms with Crippen LogP contribution in [0, 0.1) is 0 Å². The van der Waals surface area contributed by atoms with Crippen LogP contribution in [-0.2, 0) is 26.1 Å². The van der Waals surface area contributed by atoms with Crippen molar-refractivity contribution in [1.82, 2.24) is 0 Å². The van der Waals surface area contributed by atoms with Crippen LogP contribution in [-0.4, -0.2) is 39.4 Å². The van der Waals surface area contributed by atoms with E-state index in [1.165, 1.54) is 12.1 Å². The van der Waals surface area contributed by atoms with E-state index in [4.69, 9.17) is 18.9 Å². The van der Waals surface area contributed by atoms with Crippen LogP contribution in [0.5, 0.6) is 11.5 Å². The van der Waals surface area contributed by atoms with Gasteiger partial charge < -0.3 is 18.9 Å². The summed E-state index contributed by atoms with van der Waals surface area (Å²) in [6, 6.07) is 26.2. The summed E-state index contributed by atoms with van der Waals surface area (Å²) >= 11 is 0. The van der Waals surface area contributed by atoms with Crippen molar-refractivity contribution in [3.8, 4) is 11.5 Å². The number of hydrogen-bond acceptors (Lipinski definition) is 7.